The Bertz CT molecular complexity index is 432. The Kier molecular flexibility index (Phi) is 3.97. The summed E-state index contributed by atoms with van der Waals surface area (Å²) in [4.78, 5) is 29.0. The molecule has 1 aromatic rings. The summed E-state index contributed by atoms with van der Waals surface area (Å²) in [5.41, 5.74) is 0.646. The van der Waals surface area contributed by atoms with Gasteiger partial charge in [-0.15, -0.1) is 0 Å². The van der Waals surface area contributed by atoms with Gasteiger partial charge < -0.3 is 10.2 Å². The molecule has 2 heterocycles. The predicted octanol–water partition coefficient (Wildman–Crippen LogP) is 0.623. The van der Waals surface area contributed by atoms with Gasteiger partial charge in [-0.05, 0) is 18.9 Å². The molecule has 0 bridgehead atoms. The van der Waals surface area contributed by atoms with Crippen LogP contribution in [0.4, 0.5) is 4.79 Å². The highest BCUT2D eigenvalue weighted by molar-refractivity contribution is 6.57. The Morgan fingerprint density at radius 2 is 2.11 bits per heavy atom. The van der Waals surface area contributed by atoms with E-state index in [9.17, 15) is 9.59 Å². The molecule has 1 atom stereocenters. The van der Waals surface area contributed by atoms with Gasteiger partial charge in [-0.1, -0.05) is 6.07 Å². The Morgan fingerprint density at radius 1 is 1.39 bits per heavy atom. The van der Waals surface area contributed by atoms with Gasteiger partial charge in [-0.25, -0.2) is 0 Å². The van der Waals surface area contributed by atoms with Crippen LogP contribution in [0.15, 0.2) is 24.5 Å². The van der Waals surface area contributed by atoms with Gasteiger partial charge in [0.15, 0.2) is 5.81 Å². The minimum atomic E-state index is -0.741. The van der Waals surface area contributed by atoms with Gasteiger partial charge in [0.25, 0.3) is 0 Å². The van der Waals surface area contributed by atoms with E-state index in [2.05, 4.69) is 10.3 Å². The lowest BCUT2D eigenvalue weighted by Gasteiger charge is -2.23. The fourth-order valence-corrected chi connectivity index (χ4v) is 2.10. The zero-order valence-electron chi connectivity index (χ0n) is 10.0. The first-order valence-corrected chi connectivity index (χ1v) is 5.93. The van der Waals surface area contributed by atoms with Gasteiger partial charge in [0.1, 0.15) is 6.04 Å². The average molecular weight is 243 g/mol. The molecule has 0 aliphatic carbocycles. The van der Waals surface area contributed by atoms with Gasteiger partial charge in [0, 0.05) is 31.0 Å². The number of likely N-dealkylation sites (tertiary alicyclic amines) is 1. The van der Waals surface area contributed by atoms with Gasteiger partial charge in [0.05, 0.1) is 0 Å². The zero-order valence-corrected chi connectivity index (χ0v) is 10.0. The number of amides is 2. The molecule has 1 aliphatic rings. The molecule has 0 saturated carbocycles. The first-order chi connectivity index (χ1) is 8.68. The summed E-state index contributed by atoms with van der Waals surface area (Å²) < 4.78 is 0. The van der Waals surface area contributed by atoms with Gasteiger partial charge in [-0.3, -0.25) is 14.6 Å². The van der Waals surface area contributed by atoms with Crippen molar-refractivity contribution in [1.29, 1.82) is 0 Å². The van der Waals surface area contributed by atoms with Crippen molar-refractivity contribution < 1.29 is 9.59 Å². The van der Waals surface area contributed by atoms with Crippen molar-refractivity contribution in [1.82, 2.24) is 15.2 Å². The van der Waals surface area contributed by atoms with Crippen molar-refractivity contribution in [2.75, 3.05) is 13.1 Å². The van der Waals surface area contributed by atoms with Crippen LogP contribution in [-0.2, 0) is 4.79 Å². The number of nitrogens with one attached hydrogen (secondary N) is 1. The number of nitrogens with zero attached hydrogens (tertiary/aromatic N) is 2. The van der Waals surface area contributed by atoms with E-state index in [1.54, 1.807) is 29.4 Å². The fourth-order valence-electron chi connectivity index (χ4n) is 2.10. The van der Waals surface area contributed by atoms with Crippen LogP contribution in [0.25, 0.3) is 0 Å². The fraction of sp³-hybridized carbons (Fsp3) is 0.417. The molecule has 2 radical (unpaired) electrons. The smallest absolute Gasteiger partial charge is 0.249 e. The molecule has 1 aliphatic heterocycles. The molecule has 6 heteroatoms. The Labute approximate surface area is 107 Å². The lowest BCUT2D eigenvalue weighted by molar-refractivity contribution is -0.132. The number of hydrogen-bond donors (Lipinski definition) is 1. The summed E-state index contributed by atoms with van der Waals surface area (Å²) in [6.07, 6.45) is 5.18. The third-order valence-corrected chi connectivity index (χ3v) is 2.97. The minimum Gasteiger partial charge on any atom is -0.351 e. The second-order valence-corrected chi connectivity index (χ2v) is 4.26. The largest absolute Gasteiger partial charge is 0.351 e. The summed E-state index contributed by atoms with van der Waals surface area (Å²) in [7, 11) is 5.13. The number of hydrogen-bond acceptors (Lipinski definition) is 3. The Balaban J connectivity index is 2.19. The second kappa shape index (κ2) is 5.66. The van der Waals surface area contributed by atoms with E-state index in [1.165, 1.54) is 0 Å². The molecule has 1 aromatic heterocycles. The van der Waals surface area contributed by atoms with Crippen LogP contribution in [0.3, 0.4) is 0 Å². The SMILES string of the molecule is [B]C(=O)NC(C(=O)N1CCCC1)c1cccnc1. The number of carbonyl (C=O) groups is 2. The van der Waals surface area contributed by atoms with Gasteiger partial charge in [0.2, 0.25) is 13.8 Å². The number of rotatable bonds is 3. The van der Waals surface area contributed by atoms with E-state index in [-0.39, 0.29) is 5.91 Å². The second-order valence-electron chi connectivity index (χ2n) is 4.26. The molecule has 1 fully saturated rings. The van der Waals surface area contributed by atoms with Crippen molar-refractivity contribution in [3.8, 4) is 0 Å². The van der Waals surface area contributed by atoms with Gasteiger partial charge in [-0.2, -0.15) is 0 Å². The number of pyridine rings is 1. The molecule has 2 rings (SSSR count). The van der Waals surface area contributed by atoms with Crippen molar-refractivity contribution >= 4 is 19.6 Å². The van der Waals surface area contributed by atoms with E-state index >= 15 is 0 Å². The molecule has 0 spiro atoms. The molecule has 5 nitrogen and oxygen atoms in total. The van der Waals surface area contributed by atoms with Crippen molar-refractivity contribution in [2.24, 2.45) is 0 Å². The Hall–Kier alpha value is -1.85. The lowest BCUT2D eigenvalue weighted by atomic mass is 10.0. The molecule has 1 unspecified atom stereocenters. The molecule has 2 amide bonds. The van der Waals surface area contributed by atoms with Crippen LogP contribution in [-0.4, -0.2) is 42.5 Å². The van der Waals surface area contributed by atoms with Crippen molar-refractivity contribution in [3.05, 3.63) is 30.1 Å². The molecular formula is C12H14BN3O2. The van der Waals surface area contributed by atoms with E-state index in [1.807, 2.05) is 0 Å². The third kappa shape index (κ3) is 2.88. The van der Waals surface area contributed by atoms with Crippen LogP contribution in [0.1, 0.15) is 24.4 Å². The number of aromatic nitrogens is 1. The van der Waals surface area contributed by atoms with Crippen LogP contribution in [0.2, 0.25) is 0 Å². The molecular weight excluding hydrogens is 229 g/mol. The average Bonchev–Trinajstić information content (AvgIpc) is 2.90. The zero-order chi connectivity index (χ0) is 13.0. The van der Waals surface area contributed by atoms with Crippen LogP contribution in [0.5, 0.6) is 0 Å². The van der Waals surface area contributed by atoms with Crippen molar-refractivity contribution in [2.45, 2.75) is 18.9 Å². The molecule has 1 N–H and O–H groups in total. The van der Waals surface area contributed by atoms with Crippen LogP contribution >= 0.6 is 0 Å². The minimum absolute atomic E-state index is 0.126. The summed E-state index contributed by atoms with van der Waals surface area (Å²) in [5, 5.41) is 2.48. The highest BCUT2D eigenvalue weighted by atomic mass is 16.2. The predicted molar refractivity (Wildman–Crippen MR) is 67.1 cm³/mol. The van der Waals surface area contributed by atoms with Crippen LogP contribution in [0, 0.1) is 0 Å². The summed E-state index contributed by atoms with van der Waals surface area (Å²) >= 11 is 0. The quantitative estimate of drug-likeness (QED) is 0.791. The molecule has 0 aromatic carbocycles. The van der Waals surface area contributed by atoms with Crippen molar-refractivity contribution in [3.63, 3.8) is 0 Å². The topological polar surface area (TPSA) is 62.3 Å². The highest BCUT2D eigenvalue weighted by Gasteiger charge is 2.28. The Morgan fingerprint density at radius 3 is 2.67 bits per heavy atom. The lowest BCUT2D eigenvalue weighted by Crippen LogP contribution is -2.41. The normalized spacial score (nSPS) is 16.3. The monoisotopic (exact) mass is 243 g/mol. The molecule has 1 saturated heterocycles. The summed E-state index contributed by atoms with van der Waals surface area (Å²) in [6.45, 7) is 1.46. The van der Waals surface area contributed by atoms with Gasteiger partial charge >= 0.3 is 0 Å². The van der Waals surface area contributed by atoms with Crippen LogP contribution < -0.4 is 5.32 Å². The summed E-state index contributed by atoms with van der Waals surface area (Å²) in [6, 6.07) is 2.73. The maximum Gasteiger partial charge on any atom is 0.249 e. The third-order valence-electron chi connectivity index (χ3n) is 2.97. The van der Waals surface area contributed by atoms with E-state index in [4.69, 9.17) is 7.85 Å². The maximum atomic E-state index is 12.3. The standard InChI is InChI=1S/C12H14BN3O2/c13-12(18)15-10(9-4-3-5-14-8-9)11(17)16-6-1-2-7-16/h3-5,8,10H,1-2,6-7H2,(H,15,18). The van der Waals surface area contributed by atoms with E-state index in [0.29, 0.717) is 5.56 Å². The van der Waals surface area contributed by atoms with E-state index < -0.39 is 11.8 Å². The number of carbonyl (C=O) groups excluding carboxylic acids is 2. The maximum absolute atomic E-state index is 12.3. The first-order valence-electron chi connectivity index (χ1n) is 5.93. The molecule has 18 heavy (non-hydrogen) atoms. The first kappa shape index (κ1) is 12.6. The molecule has 92 valence electrons. The summed E-state index contributed by atoms with van der Waals surface area (Å²) in [5.74, 6) is -0.837. The van der Waals surface area contributed by atoms with E-state index in [0.717, 1.165) is 25.9 Å². The highest BCUT2D eigenvalue weighted by Crippen LogP contribution is 2.18.